The molecule has 1 fully saturated rings. The van der Waals surface area contributed by atoms with Crippen LogP contribution in [0.15, 0.2) is 48.5 Å². The molecule has 2 aromatic carbocycles. The highest BCUT2D eigenvalue weighted by atomic mass is 16.4. The molecule has 106 valence electrons. The van der Waals surface area contributed by atoms with Crippen LogP contribution in [0.25, 0.3) is 11.1 Å². The molecule has 2 aromatic rings. The minimum absolute atomic E-state index is 0.0542. The van der Waals surface area contributed by atoms with Crippen LogP contribution in [0.4, 0.5) is 0 Å². The number of nitrogens with one attached hydrogen (secondary N) is 1. The summed E-state index contributed by atoms with van der Waals surface area (Å²) in [6.45, 7) is 0. The topological polar surface area (TPSA) is 66.4 Å². The quantitative estimate of drug-likeness (QED) is 0.905. The Labute approximate surface area is 122 Å². The van der Waals surface area contributed by atoms with Gasteiger partial charge in [-0.05, 0) is 48.2 Å². The van der Waals surface area contributed by atoms with Gasteiger partial charge >= 0.3 is 5.97 Å². The summed E-state index contributed by atoms with van der Waals surface area (Å²) >= 11 is 0. The van der Waals surface area contributed by atoms with Crippen molar-refractivity contribution >= 4 is 11.9 Å². The molecular formula is C17H15NO3. The lowest BCUT2D eigenvalue weighted by Gasteiger charge is -2.07. The average molecular weight is 281 g/mol. The predicted octanol–water partition coefficient (Wildman–Crippen LogP) is 2.94. The van der Waals surface area contributed by atoms with Crippen LogP contribution >= 0.6 is 0 Å². The maximum Gasteiger partial charge on any atom is 0.335 e. The molecule has 0 heterocycles. The summed E-state index contributed by atoms with van der Waals surface area (Å²) in [6.07, 6.45) is 2.12. The summed E-state index contributed by atoms with van der Waals surface area (Å²) in [4.78, 5) is 22.9. The Morgan fingerprint density at radius 3 is 2.29 bits per heavy atom. The smallest absolute Gasteiger partial charge is 0.335 e. The van der Waals surface area contributed by atoms with Gasteiger partial charge in [-0.1, -0.05) is 24.3 Å². The van der Waals surface area contributed by atoms with Crippen LogP contribution in [0.1, 0.15) is 33.6 Å². The number of carboxylic acids is 1. The zero-order chi connectivity index (χ0) is 14.8. The lowest BCUT2D eigenvalue weighted by Crippen LogP contribution is -2.25. The van der Waals surface area contributed by atoms with Crippen LogP contribution in [0, 0.1) is 0 Å². The number of benzene rings is 2. The number of hydrogen-bond acceptors (Lipinski definition) is 2. The van der Waals surface area contributed by atoms with Gasteiger partial charge in [0.2, 0.25) is 0 Å². The summed E-state index contributed by atoms with van der Waals surface area (Å²) in [7, 11) is 0. The lowest BCUT2D eigenvalue weighted by molar-refractivity contribution is 0.0696. The Morgan fingerprint density at radius 1 is 0.952 bits per heavy atom. The van der Waals surface area contributed by atoms with E-state index in [-0.39, 0.29) is 11.5 Å². The lowest BCUT2D eigenvalue weighted by atomic mass is 10.0. The minimum Gasteiger partial charge on any atom is -0.478 e. The molecule has 0 aromatic heterocycles. The first-order chi connectivity index (χ1) is 10.1. The third kappa shape index (κ3) is 3.11. The highest BCUT2D eigenvalue weighted by molar-refractivity contribution is 5.96. The molecule has 0 spiro atoms. The first-order valence-electron chi connectivity index (χ1n) is 6.88. The van der Waals surface area contributed by atoms with Crippen molar-refractivity contribution in [3.05, 3.63) is 59.7 Å². The van der Waals surface area contributed by atoms with Gasteiger partial charge in [-0.15, -0.1) is 0 Å². The van der Waals surface area contributed by atoms with Gasteiger partial charge in [0.15, 0.2) is 0 Å². The van der Waals surface area contributed by atoms with E-state index in [2.05, 4.69) is 5.32 Å². The van der Waals surface area contributed by atoms with E-state index in [0.29, 0.717) is 11.6 Å². The third-order valence-electron chi connectivity index (χ3n) is 3.50. The fourth-order valence-corrected chi connectivity index (χ4v) is 2.14. The van der Waals surface area contributed by atoms with Crippen molar-refractivity contribution < 1.29 is 14.7 Å². The summed E-state index contributed by atoms with van der Waals surface area (Å²) in [5.74, 6) is -0.999. The largest absolute Gasteiger partial charge is 0.478 e. The van der Waals surface area contributed by atoms with Crippen LogP contribution < -0.4 is 5.32 Å². The van der Waals surface area contributed by atoms with Crippen molar-refractivity contribution in [2.24, 2.45) is 0 Å². The molecule has 0 bridgehead atoms. The summed E-state index contributed by atoms with van der Waals surface area (Å²) < 4.78 is 0. The van der Waals surface area contributed by atoms with E-state index in [1.807, 2.05) is 18.2 Å². The molecule has 4 nitrogen and oxygen atoms in total. The van der Waals surface area contributed by atoms with Crippen LogP contribution in [-0.2, 0) is 0 Å². The Bertz CT molecular complexity index is 687. The summed E-state index contributed by atoms with van der Waals surface area (Å²) in [5, 5.41) is 11.9. The fourth-order valence-electron chi connectivity index (χ4n) is 2.14. The number of rotatable bonds is 4. The SMILES string of the molecule is O=C(O)c1ccc(-c2cccc(C(=O)NC3CC3)c2)cc1. The number of carbonyl (C=O) groups is 2. The van der Waals surface area contributed by atoms with Gasteiger partial charge in [0.05, 0.1) is 5.56 Å². The molecule has 0 saturated heterocycles. The van der Waals surface area contributed by atoms with Gasteiger partial charge in [-0.2, -0.15) is 0 Å². The van der Waals surface area contributed by atoms with Crippen molar-refractivity contribution in [1.82, 2.24) is 5.32 Å². The molecule has 1 amide bonds. The van der Waals surface area contributed by atoms with Crippen molar-refractivity contribution in [2.75, 3.05) is 0 Å². The van der Waals surface area contributed by atoms with Gasteiger partial charge in [0, 0.05) is 11.6 Å². The first-order valence-corrected chi connectivity index (χ1v) is 6.88. The highest BCUT2D eigenvalue weighted by Crippen LogP contribution is 2.23. The number of carbonyl (C=O) groups excluding carboxylic acids is 1. The zero-order valence-electron chi connectivity index (χ0n) is 11.4. The molecule has 21 heavy (non-hydrogen) atoms. The fraction of sp³-hybridized carbons (Fsp3) is 0.176. The Hall–Kier alpha value is -2.62. The van der Waals surface area contributed by atoms with E-state index >= 15 is 0 Å². The van der Waals surface area contributed by atoms with Gasteiger partial charge in [0.1, 0.15) is 0 Å². The summed E-state index contributed by atoms with van der Waals surface area (Å²) in [5.41, 5.74) is 2.67. The number of aromatic carboxylic acids is 1. The number of carboxylic acid groups (broad SMARTS) is 1. The molecule has 1 aliphatic carbocycles. The van der Waals surface area contributed by atoms with Crippen molar-refractivity contribution in [3.8, 4) is 11.1 Å². The second-order valence-electron chi connectivity index (χ2n) is 5.21. The molecule has 0 atom stereocenters. The van der Waals surface area contributed by atoms with E-state index in [0.717, 1.165) is 24.0 Å². The Kier molecular flexibility index (Phi) is 3.44. The van der Waals surface area contributed by atoms with Gasteiger partial charge in [0.25, 0.3) is 5.91 Å². The maximum absolute atomic E-state index is 12.0. The second-order valence-corrected chi connectivity index (χ2v) is 5.21. The molecule has 0 radical (unpaired) electrons. The zero-order valence-corrected chi connectivity index (χ0v) is 11.4. The molecule has 2 N–H and O–H groups in total. The van der Waals surface area contributed by atoms with E-state index < -0.39 is 5.97 Å². The molecular weight excluding hydrogens is 266 g/mol. The predicted molar refractivity (Wildman–Crippen MR) is 79.3 cm³/mol. The van der Waals surface area contributed by atoms with Crippen molar-refractivity contribution in [3.63, 3.8) is 0 Å². The first kappa shape index (κ1) is 13.4. The average Bonchev–Trinajstić information content (AvgIpc) is 3.31. The normalized spacial score (nSPS) is 13.7. The third-order valence-corrected chi connectivity index (χ3v) is 3.50. The number of amides is 1. The molecule has 3 rings (SSSR count). The van der Waals surface area contributed by atoms with Crippen LogP contribution in [0.2, 0.25) is 0 Å². The highest BCUT2D eigenvalue weighted by Gasteiger charge is 2.23. The van der Waals surface area contributed by atoms with Crippen LogP contribution in [0.5, 0.6) is 0 Å². The maximum atomic E-state index is 12.0. The summed E-state index contributed by atoms with van der Waals surface area (Å²) in [6, 6.07) is 14.3. The van der Waals surface area contributed by atoms with E-state index in [9.17, 15) is 9.59 Å². The van der Waals surface area contributed by atoms with E-state index in [4.69, 9.17) is 5.11 Å². The molecule has 1 aliphatic rings. The molecule has 4 heteroatoms. The van der Waals surface area contributed by atoms with Crippen molar-refractivity contribution in [1.29, 1.82) is 0 Å². The second kappa shape index (κ2) is 5.40. The van der Waals surface area contributed by atoms with Gasteiger partial charge < -0.3 is 10.4 Å². The Balaban J connectivity index is 1.84. The monoisotopic (exact) mass is 281 g/mol. The van der Waals surface area contributed by atoms with Crippen molar-refractivity contribution in [2.45, 2.75) is 18.9 Å². The Morgan fingerprint density at radius 2 is 1.67 bits per heavy atom. The minimum atomic E-state index is -0.945. The van der Waals surface area contributed by atoms with E-state index in [1.54, 1.807) is 30.3 Å². The molecule has 0 unspecified atom stereocenters. The van der Waals surface area contributed by atoms with E-state index in [1.165, 1.54) is 0 Å². The van der Waals surface area contributed by atoms with Gasteiger partial charge in [-0.3, -0.25) is 4.79 Å². The standard InChI is InChI=1S/C17H15NO3/c19-16(18-15-8-9-15)14-3-1-2-13(10-14)11-4-6-12(7-5-11)17(20)21/h1-7,10,15H,8-9H2,(H,18,19)(H,20,21). The molecule has 0 aliphatic heterocycles. The van der Waals surface area contributed by atoms with Gasteiger partial charge in [-0.25, -0.2) is 4.79 Å². The van der Waals surface area contributed by atoms with Crippen LogP contribution in [-0.4, -0.2) is 23.0 Å². The number of hydrogen-bond donors (Lipinski definition) is 2. The van der Waals surface area contributed by atoms with Crippen LogP contribution in [0.3, 0.4) is 0 Å². The molecule has 1 saturated carbocycles.